The lowest BCUT2D eigenvalue weighted by atomic mass is 10.1. The second-order valence-electron chi connectivity index (χ2n) is 7.13. The minimum atomic E-state index is -0.548. The minimum absolute atomic E-state index is 0.0365. The first-order chi connectivity index (χ1) is 13.4. The number of hydrogen-bond donors (Lipinski definition) is 1. The molecule has 0 aliphatic heterocycles. The second kappa shape index (κ2) is 10.9. The lowest BCUT2D eigenvalue weighted by molar-refractivity contribution is -0.140. The van der Waals surface area contributed by atoms with E-state index in [-0.39, 0.29) is 17.9 Å². The van der Waals surface area contributed by atoms with Crippen LogP contribution < -0.4 is 5.32 Å². The Morgan fingerprint density at radius 1 is 1.00 bits per heavy atom. The molecule has 1 N–H and O–H groups in total. The lowest BCUT2D eigenvalue weighted by Crippen LogP contribution is -2.49. The zero-order valence-electron chi connectivity index (χ0n) is 16.8. The highest BCUT2D eigenvalue weighted by atomic mass is 35.5. The Hall–Kier alpha value is -2.33. The van der Waals surface area contributed by atoms with Gasteiger partial charge in [-0.1, -0.05) is 61.0 Å². The molecule has 0 spiro atoms. The van der Waals surface area contributed by atoms with E-state index in [9.17, 15) is 9.59 Å². The maximum Gasteiger partial charge on any atom is 0.242 e. The summed E-state index contributed by atoms with van der Waals surface area (Å²) in [6.45, 7) is 6.14. The summed E-state index contributed by atoms with van der Waals surface area (Å²) in [5, 5.41) is 3.63. The predicted molar refractivity (Wildman–Crippen MR) is 114 cm³/mol. The maximum atomic E-state index is 13.0. The Morgan fingerprint density at radius 2 is 1.64 bits per heavy atom. The van der Waals surface area contributed by atoms with E-state index in [1.54, 1.807) is 24.0 Å². The number of hydrogen-bond acceptors (Lipinski definition) is 2. The maximum absolute atomic E-state index is 13.0. The summed E-state index contributed by atoms with van der Waals surface area (Å²) in [7, 11) is 0. The van der Waals surface area contributed by atoms with Crippen molar-refractivity contribution < 1.29 is 9.59 Å². The van der Waals surface area contributed by atoms with Crippen molar-refractivity contribution in [2.75, 3.05) is 0 Å². The van der Waals surface area contributed by atoms with Gasteiger partial charge in [-0.25, -0.2) is 0 Å². The standard InChI is InChI=1S/C23H29ClN2O2/c1-4-17(2)25-23(28)18(3)26(16-20-10-13-21(24)14-11-20)22(27)15-12-19-8-6-5-7-9-19/h5-11,13-14,17-18H,4,12,15-16H2,1-3H3,(H,25,28)/t17-,18-/m1/s1. The molecule has 0 heterocycles. The van der Waals surface area contributed by atoms with Gasteiger partial charge in [0, 0.05) is 24.0 Å². The molecule has 0 aliphatic rings. The molecule has 0 unspecified atom stereocenters. The average Bonchev–Trinajstić information content (AvgIpc) is 2.71. The van der Waals surface area contributed by atoms with Gasteiger partial charge in [0.2, 0.25) is 11.8 Å². The quantitative estimate of drug-likeness (QED) is 0.668. The van der Waals surface area contributed by atoms with Crippen molar-refractivity contribution in [2.24, 2.45) is 0 Å². The molecule has 2 amide bonds. The first-order valence-corrected chi connectivity index (χ1v) is 10.2. The van der Waals surface area contributed by atoms with E-state index in [1.165, 1.54) is 0 Å². The Morgan fingerprint density at radius 3 is 2.25 bits per heavy atom. The monoisotopic (exact) mass is 400 g/mol. The van der Waals surface area contributed by atoms with Crippen LogP contribution in [0.3, 0.4) is 0 Å². The number of aryl methyl sites for hydroxylation is 1. The second-order valence-corrected chi connectivity index (χ2v) is 7.56. The van der Waals surface area contributed by atoms with Gasteiger partial charge >= 0.3 is 0 Å². The van der Waals surface area contributed by atoms with Crippen LogP contribution in [0.4, 0.5) is 0 Å². The Kier molecular flexibility index (Phi) is 8.52. The van der Waals surface area contributed by atoms with Gasteiger partial charge in [0.15, 0.2) is 0 Å². The highest BCUT2D eigenvalue weighted by Crippen LogP contribution is 2.15. The third kappa shape index (κ3) is 6.68. The van der Waals surface area contributed by atoms with E-state index in [0.29, 0.717) is 24.4 Å². The zero-order valence-corrected chi connectivity index (χ0v) is 17.6. The number of nitrogens with zero attached hydrogens (tertiary/aromatic N) is 1. The van der Waals surface area contributed by atoms with Crippen molar-refractivity contribution in [3.05, 3.63) is 70.7 Å². The number of halogens is 1. The smallest absolute Gasteiger partial charge is 0.242 e. The molecule has 4 nitrogen and oxygen atoms in total. The molecule has 150 valence electrons. The van der Waals surface area contributed by atoms with Gasteiger partial charge in [-0.3, -0.25) is 9.59 Å². The Bertz CT molecular complexity index is 762. The Labute approximate surface area is 172 Å². The van der Waals surface area contributed by atoms with Crippen LogP contribution in [0.25, 0.3) is 0 Å². The van der Waals surface area contributed by atoms with E-state index in [4.69, 9.17) is 11.6 Å². The largest absolute Gasteiger partial charge is 0.352 e. The molecule has 0 radical (unpaired) electrons. The molecule has 0 aromatic heterocycles. The normalized spacial score (nSPS) is 12.9. The highest BCUT2D eigenvalue weighted by Gasteiger charge is 2.26. The van der Waals surface area contributed by atoms with E-state index in [0.717, 1.165) is 17.5 Å². The van der Waals surface area contributed by atoms with Gasteiger partial charge in [0.05, 0.1) is 0 Å². The van der Waals surface area contributed by atoms with Crippen molar-refractivity contribution in [1.29, 1.82) is 0 Å². The number of amides is 2. The third-order valence-electron chi connectivity index (χ3n) is 4.90. The summed E-state index contributed by atoms with van der Waals surface area (Å²) >= 11 is 5.97. The van der Waals surface area contributed by atoms with Gasteiger partial charge < -0.3 is 10.2 Å². The zero-order chi connectivity index (χ0) is 20.5. The van der Waals surface area contributed by atoms with Crippen molar-refractivity contribution in [3.8, 4) is 0 Å². The van der Waals surface area contributed by atoms with E-state index >= 15 is 0 Å². The van der Waals surface area contributed by atoms with E-state index in [2.05, 4.69) is 5.32 Å². The molecule has 2 atom stereocenters. The molecule has 2 aromatic rings. The van der Waals surface area contributed by atoms with Gasteiger partial charge in [0.1, 0.15) is 6.04 Å². The molecule has 0 fully saturated rings. The van der Waals surface area contributed by atoms with Crippen molar-refractivity contribution in [2.45, 2.75) is 58.7 Å². The highest BCUT2D eigenvalue weighted by molar-refractivity contribution is 6.30. The number of rotatable bonds is 9. The number of nitrogens with one attached hydrogen (secondary N) is 1. The van der Waals surface area contributed by atoms with Crippen LogP contribution in [-0.2, 0) is 22.6 Å². The van der Waals surface area contributed by atoms with Crippen LogP contribution in [0, 0.1) is 0 Å². The first-order valence-electron chi connectivity index (χ1n) is 9.79. The molecule has 2 aromatic carbocycles. The predicted octanol–water partition coefficient (Wildman–Crippen LogP) is 4.60. The minimum Gasteiger partial charge on any atom is -0.352 e. The summed E-state index contributed by atoms with van der Waals surface area (Å²) in [6, 6.07) is 16.8. The first kappa shape index (κ1) is 22.0. The fourth-order valence-corrected chi connectivity index (χ4v) is 3.00. The molecule has 0 saturated carbocycles. The summed E-state index contributed by atoms with van der Waals surface area (Å²) < 4.78 is 0. The Balaban J connectivity index is 2.12. The van der Waals surface area contributed by atoms with Crippen LogP contribution in [0.1, 0.15) is 44.7 Å². The fourth-order valence-electron chi connectivity index (χ4n) is 2.87. The van der Waals surface area contributed by atoms with Crippen LogP contribution in [0.15, 0.2) is 54.6 Å². The van der Waals surface area contributed by atoms with Crippen LogP contribution in [-0.4, -0.2) is 28.8 Å². The van der Waals surface area contributed by atoms with Crippen molar-refractivity contribution in [1.82, 2.24) is 10.2 Å². The van der Waals surface area contributed by atoms with Crippen LogP contribution in [0.5, 0.6) is 0 Å². The van der Waals surface area contributed by atoms with Gasteiger partial charge in [0.25, 0.3) is 0 Å². The summed E-state index contributed by atoms with van der Waals surface area (Å²) in [4.78, 5) is 27.3. The average molecular weight is 401 g/mol. The molecule has 5 heteroatoms. The number of benzene rings is 2. The van der Waals surface area contributed by atoms with E-state index in [1.807, 2.05) is 56.3 Å². The molecular formula is C23H29ClN2O2. The molecule has 0 bridgehead atoms. The fraction of sp³-hybridized carbons (Fsp3) is 0.391. The number of carbonyl (C=O) groups is 2. The molecule has 2 rings (SSSR count). The summed E-state index contributed by atoms with van der Waals surface area (Å²) in [5.41, 5.74) is 2.06. The summed E-state index contributed by atoms with van der Waals surface area (Å²) in [5.74, 6) is -0.165. The van der Waals surface area contributed by atoms with Crippen molar-refractivity contribution in [3.63, 3.8) is 0 Å². The van der Waals surface area contributed by atoms with Gasteiger partial charge in [-0.15, -0.1) is 0 Å². The SMILES string of the molecule is CC[C@@H](C)NC(=O)[C@@H](C)N(Cc1ccc(Cl)cc1)C(=O)CCc1ccccc1. The molecule has 0 saturated heterocycles. The van der Waals surface area contributed by atoms with Crippen molar-refractivity contribution >= 4 is 23.4 Å². The molecule has 0 aliphatic carbocycles. The lowest BCUT2D eigenvalue weighted by Gasteiger charge is -2.30. The number of carbonyl (C=O) groups excluding carboxylic acids is 2. The topological polar surface area (TPSA) is 49.4 Å². The molecule has 28 heavy (non-hydrogen) atoms. The van der Waals surface area contributed by atoms with E-state index < -0.39 is 6.04 Å². The molecular weight excluding hydrogens is 372 g/mol. The third-order valence-corrected chi connectivity index (χ3v) is 5.16. The van der Waals surface area contributed by atoms with Crippen LogP contribution in [0.2, 0.25) is 5.02 Å². The summed E-state index contributed by atoms with van der Waals surface area (Å²) in [6.07, 6.45) is 1.85. The van der Waals surface area contributed by atoms with Gasteiger partial charge in [-0.05, 0) is 49.9 Å². The van der Waals surface area contributed by atoms with Crippen LogP contribution >= 0.6 is 11.6 Å². The van der Waals surface area contributed by atoms with Gasteiger partial charge in [-0.2, -0.15) is 0 Å².